The number of rotatable bonds is 7. The Morgan fingerprint density at radius 2 is 1.75 bits per heavy atom. The van der Waals surface area contributed by atoms with Gasteiger partial charge in [0.25, 0.3) is 0 Å². The lowest BCUT2D eigenvalue weighted by atomic mass is 9.96. The van der Waals surface area contributed by atoms with E-state index in [1.807, 2.05) is 11.9 Å². The fraction of sp³-hybridized carbons (Fsp3) is 0.929. The monoisotopic (exact) mass is 227 g/mol. The van der Waals surface area contributed by atoms with E-state index in [1.165, 1.54) is 12.8 Å². The van der Waals surface area contributed by atoms with Crippen LogP contribution in [-0.2, 0) is 4.79 Å². The van der Waals surface area contributed by atoms with E-state index in [2.05, 4.69) is 34.6 Å². The molecule has 0 aliphatic rings. The van der Waals surface area contributed by atoms with Crippen LogP contribution in [0.4, 0.5) is 0 Å². The molecule has 2 nitrogen and oxygen atoms in total. The minimum Gasteiger partial charge on any atom is -0.343 e. The number of carbonyl (C=O) groups excluding carboxylic acids is 1. The third-order valence-corrected chi connectivity index (χ3v) is 3.79. The summed E-state index contributed by atoms with van der Waals surface area (Å²) in [5.41, 5.74) is 0. The number of hydrogen-bond donors (Lipinski definition) is 0. The van der Waals surface area contributed by atoms with E-state index in [4.69, 9.17) is 0 Å². The molecule has 1 amide bonds. The molecule has 0 aliphatic heterocycles. The quantitative estimate of drug-likeness (QED) is 0.649. The summed E-state index contributed by atoms with van der Waals surface area (Å²) in [5, 5.41) is 0. The normalized spacial score (nSPS) is 16.6. The van der Waals surface area contributed by atoms with Crippen molar-refractivity contribution in [2.24, 2.45) is 11.8 Å². The summed E-state index contributed by atoms with van der Waals surface area (Å²) in [6.45, 7) is 10.9. The molecule has 0 aromatic rings. The highest BCUT2D eigenvalue weighted by molar-refractivity contribution is 5.76. The molecule has 0 fully saturated rings. The number of hydrogen-bond acceptors (Lipinski definition) is 1. The van der Waals surface area contributed by atoms with Gasteiger partial charge in [0.05, 0.1) is 0 Å². The topological polar surface area (TPSA) is 20.3 Å². The van der Waals surface area contributed by atoms with Crippen LogP contribution in [0, 0.1) is 11.8 Å². The standard InChI is InChI=1S/C14H29NO/c1-7-9-12(4)13(5)15(6)14(16)10-11(3)8-2/h11-13H,7-10H2,1-6H3. The molecule has 0 saturated carbocycles. The van der Waals surface area contributed by atoms with Gasteiger partial charge in [-0.05, 0) is 25.2 Å². The molecule has 96 valence electrons. The maximum atomic E-state index is 12.0. The fourth-order valence-corrected chi connectivity index (χ4v) is 1.89. The molecule has 3 atom stereocenters. The maximum absolute atomic E-state index is 12.0. The van der Waals surface area contributed by atoms with E-state index in [0.29, 0.717) is 30.2 Å². The summed E-state index contributed by atoms with van der Waals surface area (Å²) in [4.78, 5) is 13.9. The fourth-order valence-electron chi connectivity index (χ4n) is 1.89. The van der Waals surface area contributed by atoms with E-state index in [0.717, 1.165) is 6.42 Å². The van der Waals surface area contributed by atoms with Crippen LogP contribution in [0.25, 0.3) is 0 Å². The zero-order valence-corrected chi connectivity index (χ0v) is 11.9. The second-order valence-electron chi connectivity index (χ2n) is 5.23. The molecular weight excluding hydrogens is 198 g/mol. The Morgan fingerprint density at radius 1 is 1.19 bits per heavy atom. The van der Waals surface area contributed by atoms with Crippen molar-refractivity contribution in [3.8, 4) is 0 Å². The molecule has 0 bridgehead atoms. The van der Waals surface area contributed by atoms with Crippen LogP contribution < -0.4 is 0 Å². The van der Waals surface area contributed by atoms with Crippen LogP contribution in [-0.4, -0.2) is 23.9 Å². The van der Waals surface area contributed by atoms with E-state index in [-0.39, 0.29) is 0 Å². The van der Waals surface area contributed by atoms with Gasteiger partial charge in [-0.25, -0.2) is 0 Å². The molecule has 0 N–H and O–H groups in total. The molecular formula is C14H29NO. The van der Waals surface area contributed by atoms with Crippen LogP contribution in [0.15, 0.2) is 0 Å². The van der Waals surface area contributed by atoms with Crippen LogP contribution >= 0.6 is 0 Å². The van der Waals surface area contributed by atoms with Gasteiger partial charge >= 0.3 is 0 Å². The lowest BCUT2D eigenvalue weighted by molar-refractivity contribution is -0.133. The summed E-state index contributed by atoms with van der Waals surface area (Å²) in [6, 6.07) is 0.358. The van der Waals surface area contributed by atoms with Gasteiger partial charge in [-0.15, -0.1) is 0 Å². The SMILES string of the molecule is CCCC(C)C(C)N(C)C(=O)CC(C)CC. The number of carbonyl (C=O) groups is 1. The highest BCUT2D eigenvalue weighted by Gasteiger charge is 2.21. The molecule has 3 unspecified atom stereocenters. The lowest BCUT2D eigenvalue weighted by Gasteiger charge is -2.30. The van der Waals surface area contributed by atoms with Gasteiger partial charge in [-0.3, -0.25) is 4.79 Å². The summed E-state index contributed by atoms with van der Waals surface area (Å²) < 4.78 is 0. The Labute approximate surface area is 101 Å². The Hall–Kier alpha value is -0.530. The molecule has 0 aromatic carbocycles. The van der Waals surface area contributed by atoms with Crippen molar-refractivity contribution in [1.82, 2.24) is 4.90 Å². The van der Waals surface area contributed by atoms with Crippen molar-refractivity contribution in [3.05, 3.63) is 0 Å². The van der Waals surface area contributed by atoms with Crippen molar-refractivity contribution in [2.45, 2.75) is 66.3 Å². The first-order chi connectivity index (χ1) is 7.43. The van der Waals surface area contributed by atoms with Crippen LogP contribution in [0.3, 0.4) is 0 Å². The summed E-state index contributed by atoms with van der Waals surface area (Å²) in [5.74, 6) is 1.39. The molecule has 0 aliphatic carbocycles. The second kappa shape index (κ2) is 7.70. The van der Waals surface area contributed by atoms with Gasteiger partial charge in [0.2, 0.25) is 5.91 Å². The maximum Gasteiger partial charge on any atom is 0.222 e. The van der Waals surface area contributed by atoms with Gasteiger partial charge in [0, 0.05) is 19.5 Å². The van der Waals surface area contributed by atoms with Crippen LogP contribution in [0.1, 0.15) is 60.3 Å². The average molecular weight is 227 g/mol. The van der Waals surface area contributed by atoms with E-state index >= 15 is 0 Å². The molecule has 0 radical (unpaired) electrons. The Balaban J connectivity index is 4.20. The summed E-state index contributed by atoms with van der Waals surface area (Å²) in [6.07, 6.45) is 4.16. The number of nitrogens with zero attached hydrogens (tertiary/aromatic N) is 1. The molecule has 2 heteroatoms. The Morgan fingerprint density at radius 3 is 2.19 bits per heavy atom. The predicted octanol–water partition coefficient (Wildman–Crippen LogP) is 3.71. The second-order valence-corrected chi connectivity index (χ2v) is 5.23. The van der Waals surface area contributed by atoms with Crippen molar-refractivity contribution < 1.29 is 4.79 Å². The van der Waals surface area contributed by atoms with Crippen molar-refractivity contribution in [3.63, 3.8) is 0 Å². The highest BCUT2D eigenvalue weighted by atomic mass is 16.2. The zero-order chi connectivity index (χ0) is 12.7. The summed E-state index contributed by atoms with van der Waals surface area (Å²) in [7, 11) is 1.95. The van der Waals surface area contributed by atoms with Crippen molar-refractivity contribution in [2.75, 3.05) is 7.05 Å². The molecule has 0 heterocycles. The molecule has 0 spiro atoms. The van der Waals surface area contributed by atoms with E-state index < -0.39 is 0 Å². The van der Waals surface area contributed by atoms with Gasteiger partial charge in [0.1, 0.15) is 0 Å². The van der Waals surface area contributed by atoms with Crippen LogP contribution in [0.2, 0.25) is 0 Å². The van der Waals surface area contributed by atoms with Gasteiger partial charge in [-0.2, -0.15) is 0 Å². The third kappa shape index (κ3) is 5.00. The molecule has 16 heavy (non-hydrogen) atoms. The largest absolute Gasteiger partial charge is 0.343 e. The minimum absolute atomic E-state index is 0.296. The molecule has 0 aromatic heterocycles. The van der Waals surface area contributed by atoms with Crippen molar-refractivity contribution in [1.29, 1.82) is 0 Å². The molecule has 0 rings (SSSR count). The van der Waals surface area contributed by atoms with E-state index in [1.54, 1.807) is 0 Å². The lowest BCUT2D eigenvalue weighted by Crippen LogP contribution is -2.39. The Kier molecular flexibility index (Phi) is 7.44. The summed E-state index contributed by atoms with van der Waals surface area (Å²) >= 11 is 0. The third-order valence-electron chi connectivity index (χ3n) is 3.79. The smallest absolute Gasteiger partial charge is 0.222 e. The zero-order valence-electron chi connectivity index (χ0n) is 11.9. The average Bonchev–Trinajstić information content (AvgIpc) is 2.26. The predicted molar refractivity (Wildman–Crippen MR) is 70.4 cm³/mol. The van der Waals surface area contributed by atoms with Crippen LogP contribution in [0.5, 0.6) is 0 Å². The Bertz CT molecular complexity index is 203. The first kappa shape index (κ1) is 15.5. The van der Waals surface area contributed by atoms with Gasteiger partial charge in [-0.1, -0.05) is 40.5 Å². The minimum atomic E-state index is 0.296. The van der Waals surface area contributed by atoms with Crippen molar-refractivity contribution >= 4 is 5.91 Å². The highest BCUT2D eigenvalue weighted by Crippen LogP contribution is 2.17. The first-order valence-electron chi connectivity index (χ1n) is 6.69. The number of amides is 1. The van der Waals surface area contributed by atoms with E-state index in [9.17, 15) is 4.79 Å². The van der Waals surface area contributed by atoms with Gasteiger partial charge in [0.15, 0.2) is 0 Å². The van der Waals surface area contributed by atoms with Gasteiger partial charge < -0.3 is 4.90 Å². The molecule has 0 saturated heterocycles. The first-order valence-corrected chi connectivity index (χ1v) is 6.69.